The van der Waals surface area contributed by atoms with Crippen LogP contribution >= 0.6 is 0 Å². The van der Waals surface area contributed by atoms with E-state index in [-0.39, 0.29) is 18.4 Å². The second-order valence-corrected chi connectivity index (χ2v) is 7.65. The van der Waals surface area contributed by atoms with Crippen molar-refractivity contribution < 1.29 is 17.9 Å². The van der Waals surface area contributed by atoms with Crippen LogP contribution in [0.2, 0.25) is 0 Å². The quantitative estimate of drug-likeness (QED) is 0.733. The van der Waals surface area contributed by atoms with Gasteiger partial charge in [-0.15, -0.1) is 0 Å². The maximum atomic E-state index is 11.9. The molecule has 0 aliphatic rings. The number of ether oxygens (including phenoxy) is 1. The first kappa shape index (κ1) is 19.4. The Labute approximate surface area is 138 Å². The monoisotopic (exact) mass is 342 g/mol. The molecule has 130 valence electrons. The SMILES string of the molecule is COc1ccccc1CCN(CCNC(=O)C(C)C)S(C)(=O)=O. The molecule has 0 saturated heterocycles. The summed E-state index contributed by atoms with van der Waals surface area (Å²) in [5, 5.41) is 2.74. The maximum absolute atomic E-state index is 11.9. The zero-order valence-electron chi connectivity index (χ0n) is 14.2. The number of sulfonamides is 1. The van der Waals surface area contributed by atoms with Crippen molar-refractivity contribution >= 4 is 15.9 Å². The van der Waals surface area contributed by atoms with Crippen LogP contribution in [0.5, 0.6) is 5.75 Å². The minimum absolute atomic E-state index is 0.0804. The van der Waals surface area contributed by atoms with Gasteiger partial charge in [0.2, 0.25) is 15.9 Å². The Bertz CT molecular complexity index is 614. The van der Waals surface area contributed by atoms with Gasteiger partial charge in [-0.3, -0.25) is 4.79 Å². The van der Waals surface area contributed by atoms with Crippen LogP contribution in [0.25, 0.3) is 0 Å². The van der Waals surface area contributed by atoms with Crippen LogP contribution in [0.15, 0.2) is 24.3 Å². The topological polar surface area (TPSA) is 75.7 Å². The van der Waals surface area contributed by atoms with Crippen LogP contribution in [0.3, 0.4) is 0 Å². The lowest BCUT2D eigenvalue weighted by Gasteiger charge is -2.21. The van der Waals surface area contributed by atoms with E-state index in [1.165, 1.54) is 10.6 Å². The van der Waals surface area contributed by atoms with Gasteiger partial charge < -0.3 is 10.1 Å². The average molecular weight is 342 g/mol. The van der Waals surface area contributed by atoms with Crippen LogP contribution in [-0.4, -0.2) is 51.6 Å². The predicted octanol–water partition coefficient (Wildman–Crippen LogP) is 1.27. The van der Waals surface area contributed by atoms with Gasteiger partial charge in [-0.1, -0.05) is 32.0 Å². The van der Waals surface area contributed by atoms with Crippen molar-refractivity contribution in [3.05, 3.63) is 29.8 Å². The van der Waals surface area contributed by atoms with Crippen molar-refractivity contribution in [1.29, 1.82) is 0 Å². The molecule has 1 amide bonds. The molecule has 1 rings (SSSR count). The number of hydrogen-bond acceptors (Lipinski definition) is 4. The normalized spacial score (nSPS) is 11.7. The molecule has 1 aromatic carbocycles. The second-order valence-electron chi connectivity index (χ2n) is 5.67. The number of nitrogens with one attached hydrogen (secondary N) is 1. The molecule has 1 aromatic rings. The van der Waals surface area contributed by atoms with Crippen molar-refractivity contribution in [3.63, 3.8) is 0 Å². The Kier molecular flexibility index (Phi) is 7.51. The number of carbonyl (C=O) groups is 1. The molecule has 0 bridgehead atoms. The molecule has 0 atom stereocenters. The number of nitrogens with zero attached hydrogens (tertiary/aromatic N) is 1. The summed E-state index contributed by atoms with van der Waals surface area (Å²) in [5.74, 6) is 0.549. The first-order chi connectivity index (χ1) is 10.8. The van der Waals surface area contributed by atoms with Crippen LogP contribution in [0.4, 0.5) is 0 Å². The first-order valence-corrected chi connectivity index (χ1v) is 9.45. The molecule has 0 aliphatic carbocycles. The summed E-state index contributed by atoms with van der Waals surface area (Å²) in [6.45, 7) is 4.50. The highest BCUT2D eigenvalue weighted by atomic mass is 32.2. The van der Waals surface area contributed by atoms with E-state index in [0.717, 1.165) is 11.3 Å². The van der Waals surface area contributed by atoms with E-state index in [4.69, 9.17) is 4.74 Å². The number of hydrogen-bond donors (Lipinski definition) is 1. The third-order valence-electron chi connectivity index (χ3n) is 3.48. The summed E-state index contributed by atoms with van der Waals surface area (Å²) in [5.41, 5.74) is 0.954. The van der Waals surface area contributed by atoms with Crippen molar-refractivity contribution in [1.82, 2.24) is 9.62 Å². The standard InChI is InChI=1S/C16H26N2O4S/c1-13(2)16(19)17-10-12-18(23(4,20)21)11-9-14-7-5-6-8-15(14)22-3/h5-8,13H,9-12H2,1-4H3,(H,17,19). The fraction of sp³-hybridized carbons (Fsp3) is 0.562. The fourth-order valence-electron chi connectivity index (χ4n) is 2.11. The lowest BCUT2D eigenvalue weighted by atomic mass is 10.1. The highest BCUT2D eigenvalue weighted by Gasteiger charge is 2.17. The smallest absolute Gasteiger partial charge is 0.222 e. The van der Waals surface area contributed by atoms with Gasteiger partial charge in [-0.05, 0) is 18.1 Å². The fourth-order valence-corrected chi connectivity index (χ4v) is 2.95. The van der Waals surface area contributed by atoms with E-state index in [2.05, 4.69) is 5.32 Å². The highest BCUT2D eigenvalue weighted by molar-refractivity contribution is 7.88. The third kappa shape index (κ3) is 6.58. The molecule has 0 saturated carbocycles. The number of benzene rings is 1. The van der Waals surface area contributed by atoms with Crippen LogP contribution in [-0.2, 0) is 21.2 Å². The van der Waals surface area contributed by atoms with Gasteiger partial charge in [-0.25, -0.2) is 12.7 Å². The van der Waals surface area contributed by atoms with Gasteiger partial charge in [0.1, 0.15) is 5.75 Å². The Hall–Kier alpha value is -1.60. The van der Waals surface area contributed by atoms with Crippen LogP contribution in [0, 0.1) is 5.92 Å². The third-order valence-corrected chi connectivity index (χ3v) is 4.78. The van der Waals surface area contributed by atoms with E-state index in [1.54, 1.807) is 21.0 Å². The maximum Gasteiger partial charge on any atom is 0.222 e. The molecule has 0 aliphatic heterocycles. The summed E-state index contributed by atoms with van der Waals surface area (Å²) in [4.78, 5) is 11.5. The predicted molar refractivity (Wildman–Crippen MR) is 91.0 cm³/mol. The van der Waals surface area contributed by atoms with Crippen molar-refractivity contribution in [2.75, 3.05) is 33.0 Å². The van der Waals surface area contributed by atoms with E-state index in [9.17, 15) is 13.2 Å². The minimum atomic E-state index is -3.33. The molecule has 1 N–H and O–H groups in total. The Morgan fingerprint density at radius 3 is 2.48 bits per heavy atom. The van der Waals surface area contributed by atoms with E-state index in [0.29, 0.717) is 19.5 Å². The van der Waals surface area contributed by atoms with Gasteiger partial charge in [0.25, 0.3) is 0 Å². The second kappa shape index (κ2) is 8.88. The summed E-state index contributed by atoms with van der Waals surface area (Å²) in [7, 11) is -1.74. The van der Waals surface area contributed by atoms with Crippen LogP contribution in [0.1, 0.15) is 19.4 Å². The van der Waals surface area contributed by atoms with Gasteiger partial charge >= 0.3 is 0 Å². The van der Waals surface area contributed by atoms with Crippen LogP contribution < -0.4 is 10.1 Å². The minimum Gasteiger partial charge on any atom is -0.496 e. The molecule has 0 unspecified atom stereocenters. The van der Waals surface area contributed by atoms with E-state index in [1.807, 2.05) is 24.3 Å². The number of amides is 1. The van der Waals surface area contributed by atoms with Gasteiger partial charge in [0.05, 0.1) is 13.4 Å². The molecule has 7 heteroatoms. The van der Waals surface area contributed by atoms with Gasteiger partial charge in [0.15, 0.2) is 0 Å². The van der Waals surface area contributed by atoms with Crippen molar-refractivity contribution in [2.45, 2.75) is 20.3 Å². The van der Waals surface area contributed by atoms with E-state index < -0.39 is 10.0 Å². The summed E-state index contributed by atoms with van der Waals surface area (Å²) < 4.78 is 30.4. The molecular formula is C16H26N2O4S. The average Bonchev–Trinajstić information content (AvgIpc) is 2.49. The lowest BCUT2D eigenvalue weighted by Crippen LogP contribution is -2.40. The van der Waals surface area contributed by atoms with Gasteiger partial charge in [-0.2, -0.15) is 0 Å². The summed E-state index contributed by atoms with van der Waals surface area (Å²) >= 11 is 0. The van der Waals surface area contributed by atoms with Gasteiger partial charge in [0, 0.05) is 25.6 Å². The number of carbonyl (C=O) groups excluding carboxylic acids is 1. The Morgan fingerprint density at radius 1 is 1.26 bits per heavy atom. The molecule has 0 heterocycles. The molecule has 23 heavy (non-hydrogen) atoms. The zero-order chi connectivity index (χ0) is 17.5. The molecule has 0 fully saturated rings. The Balaban J connectivity index is 2.64. The zero-order valence-corrected chi connectivity index (χ0v) is 15.0. The summed E-state index contributed by atoms with van der Waals surface area (Å²) in [6.07, 6.45) is 1.73. The van der Waals surface area contributed by atoms with E-state index >= 15 is 0 Å². The largest absolute Gasteiger partial charge is 0.496 e. The molecule has 0 spiro atoms. The van der Waals surface area contributed by atoms with Crippen molar-refractivity contribution in [2.24, 2.45) is 5.92 Å². The highest BCUT2D eigenvalue weighted by Crippen LogP contribution is 2.18. The van der Waals surface area contributed by atoms with Crippen molar-refractivity contribution in [3.8, 4) is 5.75 Å². The lowest BCUT2D eigenvalue weighted by molar-refractivity contribution is -0.123. The summed E-state index contributed by atoms with van der Waals surface area (Å²) in [6, 6.07) is 7.53. The molecule has 6 nitrogen and oxygen atoms in total. The first-order valence-electron chi connectivity index (χ1n) is 7.60. The molecule has 0 aromatic heterocycles. The Morgan fingerprint density at radius 2 is 1.91 bits per heavy atom. The number of para-hydroxylation sites is 1. The number of rotatable bonds is 9. The molecular weight excluding hydrogens is 316 g/mol. The number of methoxy groups -OCH3 is 1. The molecule has 0 radical (unpaired) electrons.